The number of benzene rings is 1. The molecule has 0 aromatic heterocycles. The average Bonchev–Trinajstić information content (AvgIpc) is 2.57. The lowest BCUT2D eigenvalue weighted by molar-refractivity contribution is -0.384. The van der Waals surface area contributed by atoms with Gasteiger partial charge < -0.3 is 24.3 Å². The second-order valence-corrected chi connectivity index (χ2v) is 10.1. The third-order valence-corrected chi connectivity index (χ3v) is 3.17. The zero-order valence-electron chi connectivity index (χ0n) is 21.3. The van der Waals surface area contributed by atoms with Crippen LogP contribution >= 0.6 is 0 Å². The largest absolute Gasteiger partial charge is 0.519 e. The average molecular weight is 485 g/mol. The summed E-state index contributed by atoms with van der Waals surface area (Å²) in [6.45, 7) is 15.8. The lowest BCUT2D eigenvalue weighted by atomic mass is 10.1. The molecule has 0 unspecified atom stereocenters. The third kappa shape index (κ3) is 17.2. The summed E-state index contributed by atoms with van der Waals surface area (Å²) in [7, 11) is 0. The van der Waals surface area contributed by atoms with E-state index in [1.165, 1.54) is 12.1 Å². The van der Waals surface area contributed by atoms with Gasteiger partial charge in [-0.25, -0.2) is 14.4 Å². The molecule has 0 spiro atoms. The Morgan fingerprint density at radius 2 is 1.21 bits per heavy atom. The van der Waals surface area contributed by atoms with Crippen molar-refractivity contribution in [2.75, 3.05) is 6.54 Å². The predicted octanol–water partition coefficient (Wildman–Crippen LogP) is 5.54. The highest BCUT2D eigenvalue weighted by molar-refractivity contribution is 5.77. The minimum atomic E-state index is -1.06. The zero-order chi connectivity index (χ0) is 26.7. The van der Waals surface area contributed by atoms with Gasteiger partial charge in [-0.05, 0) is 74.3 Å². The molecule has 0 aliphatic rings. The molecule has 192 valence electrons. The van der Waals surface area contributed by atoms with E-state index in [2.05, 4.69) is 10.1 Å². The van der Waals surface area contributed by atoms with E-state index in [4.69, 9.17) is 14.2 Å². The predicted molar refractivity (Wildman–Crippen MR) is 125 cm³/mol. The van der Waals surface area contributed by atoms with Gasteiger partial charge in [0.15, 0.2) is 0 Å². The van der Waals surface area contributed by atoms with Gasteiger partial charge in [0.25, 0.3) is 5.69 Å². The maximum Gasteiger partial charge on any atom is 0.519 e. The Bertz CT molecular complexity index is 804. The minimum Gasteiger partial charge on any atom is -0.444 e. The van der Waals surface area contributed by atoms with Crippen molar-refractivity contribution < 1.29 is 38.3 Å². The lowest BCUT2D eigenvalue weighted by Gasteiger charge is -2.20. The van der Waals surface area contributed by atoms with Crippen molar-refractivity contribution in [3.05, 3.63) is 39.9 Å². The zero-order valence-corrected chi connectivity index (χ0v) is 21.3. The fourth-order valence-electron chi connectivity index (χ4n) is 2.02. The SMILES string of the molecule is CC(C)(C)OC(=O)NCCc1ccc([N+](=O)[O-])cc1.CC(C)(C)OC(=O)OC(=O)OC(C)(C)C. The van der Waals surface area contributed by atoms with Gasteiger partial charge in [0, 0.05) is 18.7 Å². The monoisotopic (exact) mass is 484 g/mol. The van der Waals surface area contributed by atoms with E-state index in [1.807, 2.05) is 0 Å². The molecule has 1 rings (SSSR count). The van der Waals surface area contributed by atoms with Crippen molar-refractivity contribution in [2.45, 2.75) is 85.5 Å². The number of carbonyl (C=O) groups is 3. The van der Waals surface area contributed by atoms with Crippen molar-refractivity contribution >= 4 is 24.1 Å². The summed E-state index contributed by atoms with van der Waals surface area (Å²) < 4.78 is 18.9. The highest BCUT2D eigenvalue weighted by atomic mass is 16.8. The van der Waals surface area contributed by atoms with E-state index in [-0.39, 0.29) is 5.69 Å². The highest BCUT2D eigenvalue weighted by Gasteiger charge is 2.24. The Morgan fingerprint density at radius 1 is 0.794 bits per heavy atom. The molecule has 0 radical (unpaired) electrons. The summed E-state index contributed by atoms with van der Waals surface area (Å²) in [5.41, 5.74) is -0.930. The number of hydrogen-bond acceptors (Lipinski definition) is 9. The first-order valence-corrected chi connectivity index (χ1v) is 10.6. The molecule has 0 heterocycles. The highest BCUT2D eigenvalue weighted by Crippen LogP contribution is 2.13. The lowest BCUT2D eigenvalue weighted by Crippen LogP contribution is -2.33. The summed E-state index contributed by atoms with van der Waals surface area (Å²) in [6.07, 6.45) is -1.99. The number of nitro benzene ring substituents is 1. The van der Waals surface area contributed by atoms with Gasteiger partial charge in [-0.15, -0.1) is 0 Å². The number of amides is 1. The summed E-state index contributed by atoms with van der Waals surface area (Å²) >= 11 is 0. The number of ether oxygens (including phenoxy) is 4. The molecule has 0 saturated carbocycles. The number of alkyl carbamates (subject to hydrolysis) is 1. The van der Waals surface area contributed by atoms with Crippen LogP contribution in [-0.2, 0) is 25.4 Å². The Kier molecular flexibility index (Phi) is 11.5. The second-order valence-electron chi connectivity index (χ2n) is 10.1. The molecule has 11 nitrogen and oxygen atoms in total. The third-order valence-electron chi connectivity index (χ3n) is 3.17. The Morgan fingerprint density at radius 3 is 1.56 bits per heavy atom. The first-order chi connectivity index (χ1) is 15.3. The van der Waals surface area contributed by atoms with E-state index in [9.17, 15) is 24.5 Å². The topological polar surface area (TPSA) is 143 Å². The van der Waals surface area contributed by atoms with Gasteiger partial charge in [0.2, 0.25) is 0 Å². The molecule has 1 amide bonds. The van der Waals surface area contributed by atoms with Crippen LogP contribution in [0.3, 0.4) is 0 Å². The molecule has 0 bridgehead atoms. The van der Waals surface area contributed by atoms with Crippen LogP contribution in [0.4, 0.5) is 20.1 Å². The Balaban J connectivity index is 0.000000661. The summed E-state index contributed by atoms with van der Waals surface area (Å²) in [6, 6.07) is 6.25. The van der Waals surface area contributed by atoms with E-state index >= 15 is 0 Å². The molecular weight excluding hydrogens is 448 g/mol. The van der Waals surface area contributed by atoms with Crippen LogP contribution in [0.1, 0.15) is 67.9 Å². The molecular formula is C23H36N2O9. The second kappa shape index (κ2) is 12.8. The number of nitrogens with one attached hydrogen (secondary N) is 1. The maximum atomic E-state index is 11.4. The van der Waals surface area contributed by atoms with Crippen molar-refractivity contribution in [1.82, 2.24) is 5.32 Å². The summed E-state index contributed by atoms with van der Waals surface area (Å²) in [5, 5.41) is 13.1. The van der Waals surface area contributed by atoms with Gasteiger partial charge in [-0.1, -0.05) is 12.1 Å². The van der Waals surface area contributed by atoms with Crippen molar-refractivity contribution in [3.63, 3.8) is 0 Å². The molecule has 34 heavy (non-hydrogen) atoms. The van der Waals surface area contributed by atoms with Gasteiger partial charge in [-0.2, -0.15) is 0 Å². The van der Waals surface area contributed by atoms with E-state index in [1.54, 1.807) is 74.4 Å². The van der Waals surface area contributed by atoms with Crippen LogP contribution in [0, 0.1) is 10.1 Å². The van der Waals surface area contributed by atoms with Crippen LogP contribution in [0.2, 0.25) is 0 Å². The number of hydrogen-bond donors (Lipinski definition) is 1. The molecule has 0 saturated heterocycles. The molecule has 11 heteroatoms. The van der Waals surface area contributed by atoms with Crippen LogP contribution < -0.4 is 5.32 Å². The van der Waals surface area contributed by atoms with Gasteiger partial charge in [0.1, 0.15) is 16.8 Å². The van der Waals surface area contributed by atoms with Gasteiger partial charge in [-0.3, -0.25) is 10.1 Å². The molecule has 1 N–H and O–H groups in total. The van der Waals surface area contributed by atoms with Crippen molar-refractivity contribution in [3.8, 4) is 0 Å². The van der Waals surface area contributed by atoms with Crippen LogP contribution in [0.25, 0.3) is 0 Å². The molecule has 0 fully saturated rings. The number of carbonyl (C=O) groups excluding carboxylic acids is 3. The number of rotatable bonds is 4. The molecule has 0 atom stereocenters. The van der Waals surface area contributed by atoms with Crippen LogP contribution in [0.5, 0.6) is 0 Å². The number of nitrogens with zero attached hydrogens (tertiary/aromatic N) is 1. The standard InChI is InChI=1S/C13H18N2O4.C10H18O5/c1-13(2,3)19-12(16)14-9-8-10-4-6-11(7-5-10)15(17)18;1-9(2,3)14-7(11)13-8(12)15-10(4,5)6/h4-7H,8-9H2,1-3H3,(H,14,16);1-6H3. The van der Waals surface area contributed by atoms with Crippen LogP contribution in [-0.4, -0.2) is 46.7 Å². The molecule has 1 aromatic carbocycles. The van der Waals surface area contributed by atoms with Crippen molar-refractivity contribution in [1.29, 1.82) is 0 Å². The fourth-order valence-corrected chi connectivity index (χ4v) is 2.02. The molecule has 0 aliphatic carbocycles. The van der Waals surface area contributed by atoms with Crippen LogP contribution in [0.15, 0.2) is 24.3 Å². The van der Waals surface area contributed by atoms with Gasteiger partial charge in [0.05, 0.1) is 4.92 Å². The van der Waals surface area contributed by atoms with E-state index in [0.29, 0.717) is 13.0 Å². The van der Waals surface area contributed by atoms with Gasteiger partial charge >= 0.3 is 18.4 Å². The summed E-state index contributed by atoms with van der Waals surface area (Å²) in [5.74, 6) is 0. The Hall–Kier alpha value is -3.37. The normalized spacial score (nSPS) is 11.3. The maximum absolute atomic E-state index is 11.4. The first kappa shape index (κ1) is 30.6. The van der Waals surface area contributed by atoms with E-state index < -0.39 is 40.1 Å². The quantitative estimate of drug-likeness (QED) is 0.192. The van der Waals surface area contributed by atoms with E-state index in [0.717, 1.165) is 5.56 Å². The van der Waals surface area contributed by atoms with Crippen molar-refractivity contribution in [2.24, 2.45) is 0 Å². The minimum absolute atomic E-state index is 0.0591. The molecule has 0 aliphatic heterocycles. The molecule has 1 aromatic rings. The number of nitro groups is 1. The Labute approximate surface area is 200 Å². The smallest absolute Gasteiger partial charge is 0.444 e. The number of non-ortho nitro benzene ring substituents is 1. The fraction of sp³-hybridized carbons (Fsp3) is 0.609. The summed E-state index contributed by atoms with van der Waals surface area (Å²) in [4.78, 5) is 43.4. The first-order valence-electron chi connectivity index (χ1n) is 10.6.